The Balaban J connectivity index is 1.68. The molecule has 4 atom stereocenters. The molecule has 1 saturated heterocycles. The highest BCUT2D eigenvalue weighted by atomic mass is 16.2. The number of Topliss-reactive ketones (excluding diaryl/α,β-unsaturated/α-hetero) is 2. The van der Waals surface area contributed by atoms with Crippen molar-refractivity contribution in [3.8, 4) is 0 Å². The summed E-state index contributed by atoms with van der Waals surface area (Å²) in [5.74, 6) is -1.38. The highest BCUT2D eigenvalue weighted by Gasteiger charge is 2.70. The number of benzene rings is 3. The van der Waals surface area contributed by atoms with Gasteiger partial charge in [-0.15, -0.1) is 0 Å². The molecule has 192 valence electrons. The zero-order valence-corrected chi connectivity index (χ0v) is 22.4. The van der Waals surface area contributed by atoms with Crippen molar-refractivity contribution < 1.29 is 14.4 Å². The van der Waals surface area contributed by atoms with E-state index in [0.29, 0.717) is 11.3 Å². The third-order valence-electron chi connectivity index (χ3n) is 8.41. The Hall–Kier alpha value is -3.99. The molecule has 0 bridgehead atoms. The number of para-hydroxylation sites is 1. The lowest BCUT2D eigenvalue weighted by Gasteiger charge is -2.38. The molecule has 3 aliphatic rings. The standard InChI is InChI=1S/C33H32N2O3/c1-19-10-13-21(14-11-19)29(36)27-28(30(37)32(3,4)5)35-25-16-12-20(2)18-22(25)15-17-26(35)33(27)23-8-6-7-9-24(23)34-31(33)38/h6-18,26-28H,1-5H3,(H,34,38)/t26-,27+,28+,33-/m1/s1. The smallest absolute Gasteiger partial charge is 0.238 e. The quantitative estimate of drug-likeness (QED) is 0.452. The minimum absolute atomic E-state index is 0.0520. The molecule has 0 radical (unpaired) electrons. The van der Waals surface area contributed by atoms with Gasteiger partial charge in [0.05, 0.1) is 12.0 Å². The van der Waals surface area contributed by atoms with Crippen molar-refractivity contribution in [2.45, 2.75) is 52.1 Å². The van der Waals surface area contributed by atoms with Gasteiger partial charge in [0, 0.05) is 22.4 Å². The van der Waals surface area contributed by atoms with E-state index >= 15 is 0 Å². The first-order chi connectivity index (χ1) is 18.0. The van der Waals surface area contributed by atoms with Crippen LogP contribution in [0.2, 0.25) is 0 Å². The fourth-order valence-corrected chi connectivity index (χ4v) is 6.64. The van der Waals surface area contributed by atoms with Gasteiger partial charge in [0.2, 0.25) is 5.91 Å². The fraction of sp³-hybridized carbons (Fsp3) is 0.303. The van der Waals surface area contributed by atoms with Crippen LogP contribution in [0.25, 0.3) is 6.08 Å². The molecule has 38 heavy (non-hydrogen) atoms. The summed E-state index contributed by atoms with van der Waals surface area (Å²) in [6, 6.07) is 19.8. The topological polar surface area (TPSA) is 66.5 Å². The maximum atomic E-state index is 14.6. The van der Waals surface area contributed by atoms with E-state index in [0.717, 1.165) is 27.9 Å². The van der Waals surface area contributed by atoms with Gasteiger partial charge in [0.1, 0.15) is 11.5 Å². The zero-order chi connectivity index (χ0) is 27.0. The third kappa shape index (κ3) is 3.27. The van der Waals surface area contributed by atoms with Crippen LogP contribution in [0.5, 0.6) is 0 Å². The summed E-state index contributed by atoms with van der Waals surface area (Å²) in [7, 11) is 0. The van der Waals surface area contributed by atoms with Crippen LogP contribution < -0.4 is 10.2 Å². The average Bonchev–Trinajstić information content (AvgIpc) is 3.35. The third-order valence-corrected chi connectivity index (χ3v) is 8.41. The Morgan fingerprint density at radius 1 is 0.921 bits per heavy atom. The summed E-state index contributed by atoms with van der Waals surface area (Å²) in [4.78, 5) is 45.4. The molecule has 1 spiro atoms. The van der Waals surface area contributed by atoms with E-state index in [2.05, 4.69) is 16.3 Å². The minimum Gasteiger partial charge on any atom is -0.352 e. The van der Waals surface area contributed by atoms with Gasteiger partial charge in [-0.3, -0.25) is 14.4 Å². The zero-order valence-electron chi connectivity index (χ0n) is 22.4. The van der Waals surface area contributed by atoms with Crippen LogP contribution in [0.1, 0.15) is 53.4 Å². The van der Waals surface area contributed by atoms with Crippen LogP contribution in [0.15, 0.2) is 72.8 Å². The molecule has 5 heteroatoms. The largest absolute Gasteiger partial charge is 0.352 e. The van der Waals surface area contributed by atoms with E-state index in [9.17, 15) is 14.4 Å². The Labute approximate surface area is 223 Å². The predicted molar refractivity (Wildman–Crippen MR) is 150 cm³/mol. The molecule has 1 N–H and O–H groups in total. The van der Waals surface area contributed by atoms with Crippen LogP contribution in [0, 0.1) is 25.2 Å². The minimum atomic E-state index is -1.26. The highest BCUT2D eigenvalue weighted by molar-refractivity contribution is 6.17. The summed E-state index contributed by atoms with van der Waals surface area (Å²) in [5, 5.41) is 3.08. The van der Waals surface area contributed by atoms with Gasteiger partial charge < -0.3 is 10.2 Å². The molecule has 0 aromatic heterocycles. The second-order valence-corrected chi connectivity index (χ2v) is 11.9. The van der Waals surface area contributed by atoms with Gasteiger partial charge >= 0.3 is 0 Å². The maximum Gasteiger partial charge on any atom is 0.238 e. The van der Waals surface area contributed by atoms with Crippen molar-refractivity contribution in [2.75, 3.05) is 10.2 Å². The summed E-state index contributed by atoms with van der Waals surface area (Å²) < 4.78 is 0. The summed E-state index contributed by atoms with van der Waals surface area (Å²) in [6.07, 6.45) is 4.06. The lowest BCUT2D eigenvalue weighted by Crippen LogP contribution is -2.51. The lowest BCUT2D eigenvalue weighted by molar-refractivity contribution is -0.128. The number of nitrogens with zero attached hydrogens (tertiary/aromatic N) is 1. The van der Waals surface area contributed by atoms with Gasteiger partial charge in [-0.2, -0.15) is 0 Å². The SMILES string of the molecule is Cc1ccc(C(=O)[C@@H]2[C@@H](C(=O)C(C)(C)C)N3c4ccc(C)cc4C=C[C@@H]3[C@@]23C(=O)Nc2ccccc23)cc1. The van der Waals surface area contributed by atoms with Crippen molar-refractivity contribution >= 4 is 34.9 Å². The number of hydrogen-bond donors (Lipinski definition) is 1. The molecule has 0 saturated carbocycles. The molecule has 3 aromatic carbocycles. The highest BCUT2D eigenvalue weighted by Crippen LogP contribution is 2.58. The van der Waals surface area contributed by atoms with Crippen LogP contribution in [-0.4, -0.2) is 29.6 Å². The van der Waals surface area contributed by atoms with E-state index < -0.39 is 28.8 Å². The van der Waals surface area contributed by atoms with Crippen LogP contribution in [0.3, 0.4) is 0 Å². The van der Waals surface area contributed by atoms with Gasteiger partial charge in [0.15, 0.2) is 11.6 Å². The fourth-order valence-electron chi connectivity index (χ4n) is 6.64. The Morgan fingerprint density at radius 2 is 1.61 bits per heavy atom. The molecule has 3 aliphatic heterocycles. The molecule has 1 fully saturated rings. The number of fused-ring (bicyclic) bond motifs is 6. The number of amides is 1. The summed E-state index contributed by atoms with van der Waals surface area (Å²) in [6.45, 7) is 9.68. The van der Waals surface area contributed by atoms with Crippen molar-refractivity contribution in [1.29, 1.82) is 0 Å². The number of aryl methyl sites for hydroxylation is 2. The van der Waals surface area contributed by atoms with Gasteiger partial charge in [-0.05, 0) is 43.2 Å². The molecular formula is C33H32N2O3. The first-order valence-electron chi connectivity index (χ1n) is 13.2. The Kier molecular flexibility index (Phi) is 5.29. The summed E-state index contributed by atoms with van der Waals surface area (Å²) >= 11 is 0. The lowest BCUT2D eigenvalue weighted by atomic mass is 9.63. The average molecular weight is 505 g/mol. The Morgan fingerprint density at radius 3 is 2.32 bits per heavy atom. The number of ketones is 2. The number of nitrogens with one attached hydrogen (secondary N) is 1. The van der Waals surface area contributed by atoms with Crippen molar-refractivity contribution in [2.24, 2.45) is 11.3 Å². The Bertz CT molecular complexity index is 1530. The van der Waals surface area contributed by atoms with Gasteiger partial charge in [-0.1, -0.05) is 92.6 Å². The van der Waals surface area contributed by atoms with Crippen LogP contribution >= 0.6 is 0 Å². The normalized spacial score (nSPS) is 25.1. The predicted octanol–water partition coefficient (Wildman–Crippen LogP) is 5.89. The van der Waals surface area contributed by atoms with Crippen molar-refractivity contribution in [3.63, 3.8) is 0 Å². The van der Waals surface area contributed by atoms with E-state index in [1.54, 1.807) is 0 Å². The number of hydrogen-bond acceptors (Lipinski definition) is 4. The molecule has 0 unspecified atom stereocenters. The van der Waals surface area contributed by atoms with E-state index in [4.69, 9.17) is 0 Å². The van der Waals surface area contributed by atoms with Crippen LogP contribution in [-0.2, 0) is 15.0 Å². The molecule has 6 rings (SSSR count). The number of rotatable bonds is 3. The summed E-state index contributed by atoms with van der Waals surface area (Å²) in [5.41, 5.74) is 4.00. The first kappa shape index (κ1) is 24.4. The van der Waals surface area contributed by atoms with Crippen LogP contribution in [0.4, 0.5) is 11.4 Å². The number of carbonyl (C=O) groups is 3. The molecule has 5 nitrogen and oxygen atoms in total. The number of anilines is 2. The van der Waals surface area contributed by atoms with Gasteiger partial charge in [0.25, 0.3) is 0 Å². The van der Waals surface area contributed by atoms with Gasteiger partial charge in [-0.25, -0.2) is 0 Å². The molecule has 3 aromatic rings. The maximum absolute atomic E-state index is 14.6. The van der Waals surface area contributed by atoms with Crippen molar-refractivity contribution in [1.82, 2.24) is 0 Å². The van der Waals surface area contributed by atoms with E-state index in [-0.39, 0.29) is 17.5 Å². The second-order valence-electron chi connectivity index (χ2n) is 11.9. The molecule has 0 aliphatic carbocycles. The second kappa shape index (κ2) is 8.26. The molecule has 3 heterocycles. The van der Waals surface area contributed by atoms with E-state index in [1.807, 2.05) is 107 Å². The number of carbonyl (C=O) groups excluding carboxylic acids is 3. The van der Waals surface area contributed by atoms with Crippen molar-refractivity contribution in [3.05, 3.63) is 101 Å². The molecular weight excluding hydrogens is 472 g/mol. The first-order valence-corrected chi connectivity index (χ1v) is 13.2. The van der Waals surface area contributed by atoms with E-state index in [1.165, 1.54) is 0 Å². The molecule has 1 amide bonds. The monoisotopic (exact) mass is 504 g/mol.